The largest absolute Gasteiger partial charge is 0.446 e. The first-order valence-corrected chi connectivity index (χ1v) is 11.4. The second-order valence-corrected chi connectivity index (χ2v) is 8.83. The Kier molecular flexibility index (Phi) is 5.19. The molecule has 0 bridgehead atoms. The molecule has 0 saturated heterocycles. The Balaban J connectivity index is 1.30. The van der Waals surface area contributed by atoms with E-state index in [-0.39, 0.29) is 4.90 Å². The molecule has 0 saturated carbocycles. The van der Waals surface area contributed by atoms with Gasteiger partial charge in [-0.25, -0.2) is 18.4 Å². The van der Waals surface area contributed by atoms with Gasteiger partial charge in [0, 0.05) is 23.6 Å². The number of benzene rings is 2. The molecule has 0 radical (unpaired) electrons. The van der Waals surface area contributed by atoms with Gasteiger partial charge in [0.25, 0.3) is 10.0 Å². The minimum absolute atomic E-state index is 0.111. The molecule has 1 aliphatic heterocycles. The zero-order chi connectivity index (χ0) is 22.8. The predicted octanol–water partition coefficient (Wildman–Crippen LogP) is 2.39. The van der Waals surface area contributed by atoms with Crippen LogP contribution in [0.3, 0.4) is 0 Å². The number of nitrogens with zero attached hydrogens (tertiary/aromatic N) is 3. The number of fused-ring (bicyclic) bond motifs is 1. The maximum atomic E-state index is 12.8. The summed E-state index contributed by atoms with van der Waals surface area (Å²) in [6.07, 6.45) is 3.16. The van der Waals surface area contributed by atoms with E-state index in [4.69, 9.17) is 14.9 Å². The molecule has 1 aliphatic rings. The van der Waals surface area contributed by atoms with Crippen molar-refractivity contribution in [2.24, 2.45) is 10.7 Å². The number of ether oxygens (including phenoxy) is 1. The molecule has 0 unspecified atom stereocenters. The van der Waals surface area contributed by atoms with Crippen LogP contribution >= 0.6 is 0 Å². The van der Waals surface area contributed by atoms with Gasteiger partial charge in [0.15, 0.2) is 0 Å². The van der Waals surface area contributed by atoms with Crippen LogP contribution in [-0.2, 0) is 10.0 Å². The summed E-state index contributed by atoms with van der Waals surface area (Å²) < 4.78 is 39.1. The maximum Gasteiger partial charge on any atom is 0.261 e. The average molecular weight is 462 g/mol. The smallest absolute Gasteiger partial charge is 0.261 e. The van der Waals surface area contributed by atoms with Crippen LogP contribution < -0.4 is 30.9 Å². The Morgan fingerprint density at radius 2 is 1.79 bits per heavy atom. The van der Waals surface area contributed by atoms with Crippen LogP contribution in [0.15, 0.2) is 99.6 Å². The molecule has 10 heteroatoms. The third-order valence-corrected chi connectivity index (χ3v) is 6.39. The molecular formula is C23H19N5O4S. The molecule has 0 amide bonds. The molecular weight excluding hydrogens is 442 g/mol. The summed E-state index contributed by atoms with van der Waals surface area (Å²) in [5.41, 5.74) is 7.94. The number of anilines is 2. The summed E-state index contributed by atoms with van der Waals surface area (Å²) in [5, 5.41) is 0.724. The Labute approximate surface area is 189 Å². The topological polar surface area (TPSA) is 123 Å². The Morgan fingerprint density at radius 1 is 1.00 bits per heavy atom. The molecule has 0 aliphatic carbocycles. The number of hydrogen-bond acceptors (Lipinski definition) is 8. The minimum atomic E-state index is -3.78. The number of nitrogens with two attached hydrogens (primary N) is 1. The maximum absolute atomic E-state index is 12.8. The van der Waals surface area contributed by atoms with Crippen molar-refractivity contribution in [3.63, 3.8) is 0 Å². The molecule has 33 heavy (non-hydrogen) atoms. The van der Waals surface area contributed by atoms with Gasteiger partial charge in [0.1, 0.15) is 18.2 Å². The molecule has 3 heterocycles. The Morgan fingerprint density at radius 3 is 2.52 bits per heavy atom. The second kappa shape index (κ2) is 8.32. The molecule has 0 fully saturated rings. The van der Waals surface area contributed by atoms with E-state index in [1.807, 2.05) is 4.90 Å². The van der Waals surface area contributed by atoms with E-state index in [1.165, 1.54) is 12.1 Å². The van der Waals surface area contributed by atoms with Crippen LogP contribution in [0.4, 0.5) is 11.4 Å². The van der Waals surface area contributed by atoms with Crippen LogP contribution in [0.2, 0.25) is 0 Å². The lowest BCUT2D eigenvalue weighted by Gasteiger charge is -2.24. The first kappa shape index (κ1) is 20.6. The van der Waals surface area contributed by atoms with Gasteiger partial charge in [-0.3, -0.25) is 4.72 Å². The van der Waals surface area contributed by atoms with Gasteiger partial charge in [0.05, 0.1) is 16.4 Å². The fourth-order valence-electron chi connectivity index (χ4n) is 3.33. The number of aromatic nitrogens is 1. The van der Waals surface area contributed by atoms with Crippen molar-refractivity contribution in [3.05, 3.63) is 96.0 Å². The van der Waals surface area contributed by atoms with Crippen LogP contribution in [0, 0.1) is 0 Å². The van der Waals surface area contributed by atoms with Gasteiger partial charge in [-0.1, -0.05) is 6.07 Å². The van der Waals surface area contributed by atoms with Crippen molar-refractivity contribution in [2.75, 3.05) is 16.3 Å². The van der Waals surface area contributed by atoms with Crippen LogP contribution in [0.1, 0.15) is 0 Å². The number of furan rings is 1. The van der Waals surface area contributed by atoms with Crippen LogP contribution in [-0.4, -0.2) is 20.1 Å². The normalized spacial score (nSPS) is 13.2. The summed E-state index contributed by atoms with van der Waals surface area (Å²) in [6, 6.07) is 20.1. The lowest BCUT2D eigenvalue weighted by Crippen LogP contribution is -2.42. The number of pyridine rings is 1. The van der Waals surface area contributed by atoms with E-state index < -0.39 is 10.0 Å². The van der Waals surface area contributed by atoms with Gasteiger partial charge >= 0.3 is 0 Å². The summed E-state index contributed by atoms with van der Waals surface area (Å²) in [4.78, 5) is 10.4. The standard InChI is InChI=1S/C23H19N5O4S/c24-22-20-12-14-31-23(20)26-15-28(22)17-6-4-16(5-7-17)27-33(29,30)19-10-8-18(9-11-19)32-21-3-1-2-13-25-21/h1-14,27H,15,24H2. The molecule has 5 rings (SSSR count). The summed E-state index contributed by atoms with van der Waals surface area (Å²) >= 11 is 0. The SMILES string of the molecule is NC1=c2ccoc2=NCN1c1ccc(NS(=O)(=O)c2ccc(Oc3ccccn3)cc2)cc1. The fourth-order valence-corrected chi connectivity index (χ4v) is 4.39. The monoisotopic (exact) mass is 461 g/mol. The average Bonchev–Trinajstić information content (AvgIpc) is 3.31. The second-order valence-electron chi connectivity index (χ2n) is 7.15. The van der Waals surface area contributed by atoms with Crippen molar-refractivity contribution in [1.29, 1.82) is 0 Å². The van der Waals surface area contributed by atoms with Crippen molar-refractivity contribution < 1.29 is 17.6 Å². The molecule has 0 atom stereocenters. The highest BCUT2D eigenvalue weighted by molar-refractivity contribution is 7.92. The van der Waals surface area contributed by atoms with E-state index in [9.17, 15) is 8.42 Å². The van der Waals surface area contributed by atoms with E-state index >= 15 is 0 Å². The fraction of sp³-hybridized carbons (Fsp3) is 0.0435. The summed E-state index contributed by atoms with van der Waals surface area (Å²) in [5.74, 6) is 1.43. The van der Waals surface area contributed by atoms with Crippen molar-refractivity contribution in [2.45, 2.75) is 4.90 Å². The first-order chi connectivity index (χ1) is 16.0. The van der Waals surface area contributed by atoms with Crippen molar-refractivity contribution in [3.8, 4) is 11.6 Å². The van der Waals surface area contributed by atoms with E-state index in [0.29, 0.717) is 35.4 Å². The highest BCUT2D eigenvalue weighted by atomic mass is 32.2. The molecule has 166 valence electrons. The highest BCUT2D eigenvalue weighted by Crippen LogP contribution is 2.25. The number of hydrogen-bond donors (Lipinski definition) is 2. The zero-order valence-electron chi connectivity index (χ0n) is 17.3. The molecule has 0 spiro atoms. The molecule has 4 aromatic rings. The van der Waals surface area contributed by atoms with Gasteiger partial charge in [-0.15, -0.1) is 0 Å². The Bertz CT molecular complexity index is 1500. The lowest BCUT2D eigenvalue weighted by molar-refractivity contribution is 0.462. The number of rotatable bonds is 6. The first-order valence-electron chi connectivity index (χ1n) is 9.97. The Hall–Kier alpha value is -4.31. The molecule has 3 N–H and O–H groups in total. The van der Waals surface area contributed by atoms with Gasteiger partial charge < -0.3 is 19.8 Å². The molecule has 2 aromatic carbocycles. The minimum Gasteiger partial charge on any atom is -0.446 e. The van der Waals surface area contributed by atoms with Gasteiger partial charge in [-0.2, -0.15) is 0 Å². The molecule has 2 aromatic heterocycles. The van der Waals surface area contributed by atoms with E-state index in [0.717, 1.165) is 10.9 Å². The third kappa shape index (κ3) is 4.23. The zero-order valence-corrected chi connectivity index (χ0v) is 18.1. The number of sulfonamides is 1. The third-order valence-electron chi connectivity index (χ3n) is 4.99. The molecule has 9 nitrogen and oxygen atoms in total. The lowest BCUT2D eigenvalue weighted by atomic mass is 10.2. The van der Waals surface area contributed by atoms with Crippen molar-refractivity contribution >= 4 is 27.2 Å². The van der Waals surface area contributed by atoms with Gasteiger partial charge in [0.2, 0.25) is 11.4 Å². The predicted molar refractivity (Wildman–Crippen MR) is 122 cm³/mol. The highest BCUT2D eigenvalue weighted by Gasteiger charge is 2.17. The number of nitrogens with one attached hydrogen (secondary N) is 1. The van der Waals surface area contributed by atoms with Gasteiger partial charge in [-0.05, 0) is 60.7 Å². The summed E-state index contributed by atoms with van der Waals surface area (Å²) in [7, 11) is -3.78. The van der Waals surface area contributed by atoms with Crippen LogP contribution in [0.25, 0.3) is 5.82 Å². The van der Waals surface area contributed by atoms with Crippen molar-refractivity contribution in [1.82, 2.24) is 4.98 Å². The quantitative estimate of drug-likeness (QED) is 0.452. The van der Waals surface area contributed by atoms with E-state index in [2.05, 4.69) is 14.7 Å². The van der Waals surface area contributed by atoms with E-state index in [1.54, 1.807) is 73.1 Å². The van der Waals surface area contributed by atoms with Crippen LogP contribution in [0.5, 0.6) is 11.6 Å². The summed E-state index contributed by atoms with van der Waals surface area (Å²) in [6.45, 7) is 0.310.